The lowest BCUT2D eigenvalue weighted by molar-refractivity contribution is -0.107. The molecule has 1 aliphatic rings. The SMILES string of the molecule is CCCN1CCC(NC(=O)c2ccc(C(C)(C)C)cc2NC)CC1.CN(CCCC=O)c1cccc(C=O)c1. The number of rotatable bonds is 11. The first-order valence-electron chi connectivity index (χ1n) is 14.2. The molecule has 39 heavy (non-hydrogen) atoms. The third-order valence-electron chi connectivity index (χ3n) is 7.12. The second-order valence-corrected chi connectivity index (χ2v) is 11.3. The van der Waals surface area contributed by atoms with Crippen molar-refractivity contribution in [3.05, 3.63) is 59.2 Å². The Labute approximate surface area is 235 Å². The molecule has 2 N–H and O–H groups in total. The average molecular weight is 537 g/mol. The van der Waals surface area contributed by atoms with Gasteiger partial charge in [-0.15, -0.1) is 0 Å². The smallest absolute Gasteiger partial charge is 0.253 e. The van der Waals surface area contributed by atoms with E-state index in [2.05, 4.69) is 55.4 Å². The van der Waals surface area contributed by atoms with Crippen LogP contribution < -0.4 is 15.5 Å². The number of benzene rings is 2. The minimum absolute atomic E-state index is 0.0359. The second kappa shape index (κ2) is 16.0. The molecular weight excluding hydrogens is 488 g/mol. The summed E-state index contributed by atoms with van der Waals surface area (Å²) < 4.78 is 0. The Morgan fingerprint density at radius 2 is 1.82 bits per heavy atom. The zero-order chi connectivity index (χ0) is 28.8. The van der Waals surface area contributed by atoms with Crippen molar-refractivity contribution in [2.45, 2.75) is 71.3 Å². The van der Waals surface area contributed by atoms with Gasteiger partial charge in [0.15, 0.2) is 0 Å². The lowest BCUT2D eigenvalue weighted by atomic mass is 9.86. The molecule has 214 valence electrons. The molecule has 0 saturated carbocycles. The second-order valence-electron chi connectivity index (χ2n) is 11.3. The fourth-order valence-corrected chi connectivity index (χ4v) is 4.67. The molecule has 0 aromatic heterocycles. The number of hydrogen-bond acceptors (Lipinski definition) is 6. The number of likely N-dealkylation sites (tertiary alicyclic amines) is 1. The summed E-state index contributed by atoms with van der Waals surface area (Å²) in [5, 5.41) is 6.41. The van der Waals surface area contributed by atoms with Crippen molar-refractivity contribution in [2.75, 3.05) is 50.5 Å². The van der Waals surface area contributed by atoms with Crippen LogP contribution in [0.15, 0.2) is 42.5 Å². The first-order valence-corrected chi connectivity index (χ1v) is 14.2. The van der Waals surface area contributed by atoms with Crippen molar-refractivity contribution in [2.24, 2.45) is 0 Å². The highest BCUT2D eigenvalue weighted by molar-refractivity contribution is 6.00. The molecule has 0 atom stereocenters. The van der Waals surface area contributed by atoms with Gasteiger partial charge in [0.05, 0.1) is 5.56 Å². The van der Waals surface area contributed by atoms with Crippen molar-refractivity contribution in [1.82, 2.24) is 10.2 Å². The lowest BCUT2D eigenvalue weighted by Gasteiger charge is -2.32. The van der Waals surface area contributed by atoms with E-state index in [1.165, 1.54) is 18.5 Å². The van der Waals surface area contributed by atoms with Crippen LogP contribution in [0.1, 0.15) is 86.1 Å². The molecule has 1 aliphatic heterocycles. The molecular formula is C32H48N4O3. The highest BCUT2D eigenvalue weighted by atomic mass is 16.1. The lowest BCUT2D eigenvalue weighted by Crippen LogP contribution is -2.44. The van der Waals surface area contributed by atoms with Crippen molar-refractivity contribution >= 4 is 29.9 Å². The van der Waals surface area contributed by atoms with E-state index in [0.717, 1.165) is 68.4 Å². The summed E-state index contributed by atoms with van der Waals surface area (Å²) in [4.78, 5) is 38.0. The number of unbranched alkanes of at least 4 members (excludes halogenated alkanes) is 1. The Bertz CT molecular complexity index is 1060. The third kappa shape index (κ3) is 10.5. The van der Waals surface area contributed by atoms with Gasteiger partial charge < -0.3 is 25.2 Å². The van der Waals surface area contributed by atoms with Gasteiger partial charge in [0.2, 0.25) is 0 Å². The van der Waals surface area contributed by atoms with Crippen LogP contribution in [0.25, 0.3) is 0 Å². The van der Waals surface area contributed by atoms with Crippen LogP contribution in [0.4, 0.5) is 11.4 Å². The fraction of sp³-hybridized carbons (Fsp3) is 0.531. The predicted molar refractivity (Wildman–Crippen MR) is 162 cm³/mol. The largest absolute Gasteiger partial charge is 0.387 e. The van der Waals surface area contributed by atoms with Gasteiger partial charge in [-0.2, -0.15) is 0 Å². The molecule has 0 aliphatic carbocycles. The summed E-state index contributed by atoms with van der Waals surface area (Å²) in [5.74, 6) is 0.0359. The number of piperidine rings is 1. The Balaban J connectivity index is 0.000000306. The Hall–Kier alpha value is -3.19. The number of anilines is 2. The van der Waals surface area contributed by atoms with Crippen LogP contribution in [0.5, 0.6) is 0 Å². The predicted octanol–water partition coefficient (Wildman–Crippen LogP) is 5.54. The van der Waals surface area contributed by atoms with Crippen molar-refractivity contribution in [1.29, 1.82) is 0 Å². The van der Waals surface area contributed by atoms with E-state index in [9.17, 15) is 14.4 Å². The quantitative estimate of drug-likeness (QED) is 0.290. The van der Waals surface area contributed by atoms with E-state index in [1.807, 2.05) is 43.3 Å². The van der Waals surface area contributed by atoms with Gasteiger partial charge in [-0.1, -0.05) is 45.9 Å². The number of aldehydes is 2. The van der Waals surface area contributed by atoms with E-state index in [-0.39, 0.29) is 17.4 Å². The van der Waals surface area contributed by atoms with Gasteiger partial charge >= 0.3 is 0 Å². The molecule has 0 radical (unpaired) electrons. The van der Waals surface area contributed by atoms with Gasteiger partial charge in [0.25, 0.3) is 5.91 Å². The number of nitrogens with zero attached hydrogens (tertiary/aromatic N) is 2. The van der Waals surface area contributed by atoms with Crippen LogP contribution >= 0.6 is 0 Å². The molecule has 1 saturated heterocycles. The summed E-state index contributed by atoms with van der Waals surface area (Å²) in [7, 11) is 3.83. The molecule has 0 bridgehead atoms. The molecule has 2 aromatic rings. The molecule has 2 aromatic carbocycles. The molecule has 0 unspecified atom stereocenters. The zero-order valence-corrected chi connectivity index (χ0v) is 24.8. The molecule has 3 rings (SSSR count). The summed E-state index contributed by atoms with van der Waals surface area (Å²) in [5.41, 5.74) is 4.63. The maximum atomic E-state index is 12.7. The van der Waals surface area contributed by atoms with Crippen LogP contribution in [-0.2, 0) is 10.2 Å². The average Bonchev–Trinajstić information content (AvgIpc) is 2.93. The Morgan fingerprint density at radius 3 is 2.41 bits per heavy atom. The number of carbonyl (C=O) groups is 3. The molecule has 7 heteroatoms. The molecule has 0 spiro atoms. The van der Waals surface area contributed by atoms with Crippen LogP contribution in [0.2, 0.25) is 0 Å². The fourth-order valence-electron chi connectivity index (χ4n) is 4.67. The van der Waals surface area contributed by atoms with E-state index < -0.39 is 0 Å². The zero-order valence-electron chi connectivity index (χ0n) is 24.8. The number of nitrogens with one attached hydrogen (secondary N) is 2. The molecule has 1 fully saturated rings. The Morgan fingerprint density at radius 1 is 1.10 bits per heavy atom. The first-order chi connectivity index (χ1) is 18.6. The van der Waals surface area contributed by atoms with Crippen LogP contribution in [-0.4, -0.2) is 69.7 Å². The van der Waals surface area contributed by atoms with Gasteiger partial charge in [0.1, 0.15) is 12.6 Å². The van der Waals surface area contributed by atoms with Gasteiger partial charge in [-0.25, -0.2) is 0 Å². The number of amides is 1. The van der Waals surface area contributed by atoms with E-state index >= 15 is 0 Å². The highest BCUT2D eigenvalue weighted by Crippen LogP contribution is 2.27. The van der Waals surface area contributed by atoms with Crippen molar-refractivity contribution in [3.8, 4) is 0 Å². The molecule has 1 heterocycles. The minimum atomic E-state index is 0.0359. The molecule has 7 nitrogen and oxygen atoms in total. The number of hydrogen-bond donors (Lipinski definition) is 2. The van der Waals surface area contributed by atoms with E-state index in [0.29, 0.717) is 12.0 Å². The summed E-state index contributed by atoms with van der Waals surface area (Å²) in [6, 6.07) is 13.8. The van der Waals surface area contributed by atoms with Crippen molar-refractivity contribution < 1.29 is 14.4 Å². The maximum absolute atomic E-state index is 12.7. The third-order valence-corrected chi connectivity index (χ3v) is 7.12. The minimum Gasteiger partial charge on any atom is -0.387 e. The summed E-state index contributed by atoms with van der Waals surface area (Å²) >= 11 is 0. The summed E-state index contributed by atoms with van der Waals surface area (Å²) in [6.07, 6.45) is 6.46. The molecule has 1 amide bonds. The normalized spacial score (nSPS) is 14.1. The number of carbonyl (C=O) groups excluding carboxylic acids is 3. The standard InChI is InChI=1S/C20H33N3O.C12H15NO2/c1-6-11-23-12-9-16(10-13-23)22-19(24)17-8-7-15(20(2,3)4)14-18(17)21-5;1-13(7-2-3-8-14)12-6-4-5-11(9-12)10-15/h7-8,14,16,21H,6,9-13H2,1-5H3,(H,22,24);4-6,8-10H,2-3,7H2,1H3. The Kier molecular flexibility index (Phi) is 13.2. The topological polar surface area (TPSA) is 81.8 Å². The van der Waals surface area contributed by atoms with Crippen molar-refractivity contribution in [3.63, 3.8) is 0 Å². The van der Waals surface area contributed by atoms with E-state index in [1.54, 1.807) is 6.07 Å². The summed E-state index contributed by atoms with van der Waals surface area (Å²) in [6.45, 7) is 12.9. The first kappa shape index (κ1) is 32.0. The maximum Gasteiger partial charge on any atom is 0.253 e. The van der Waals surface area contributed by atoms with E-state index in [4.69, 9.17) is 0 Å². The van der Waals surface area contributed by atoms with Gasteiger partial charge in [-0.05, 0) is 67.5 Å². The van der Waals surface area contributed by atoms with Gasteiger partial charge in [-0.3, -0.25) is 9.59 Å². The van der Waals surface area contributed by atoms with Crippen LogP contribution in [0.3, 0.4) is 0 Å². The monoisotopic (exact) mass is 536 g/mol. The van der Waals surface area contributed by atoms with Crippen LogP contribution in [0, 0.1) is 0 Å². The highest BCUT2D eigenvalue weighted by Gasteiger charge is 2.23. The van der Waals surface area contributed by atoms with Gasteiger partial charge in [0, 0.05) is 63.1 Å².